The molecule has 66 valence electrons. The molecule has 0 radical (unpaired) electrons. The Balaban J connectivity index is 2.44. The van der Waals surface area contributed by atoms with Crippen LogP contribution in [0.3, 0.4) is 0 Å². The van der Waals surface area contributed by atoms with Crippen LogP contribution in [0.15, 0.2) is 31.4 Å². The summed E-state index contributed by atoms with van der Waals surface area (Å²) in [6.07, 6.45) is 4.00. The summed E-state index contributed by atoms with van der Waals surface area (Å²) < 4.78 is 5.24. The highest BCUT2D eigenvalue weighted by Gasteiger charge is 2.26. The summed E-state index contributed by atoms with van der Waals surface area (Å²) in [5, 5.41) is 0. The first kappa shape index (κ1) is 8.27. The molecule has 0 saturated carbocycles. The zero-order valence-corrected chi connectivity index (χ0v) is 7.49. The summed E-state index contributed by atoms with van der Waals surface area (Å²) in [6.45, 7) is 8.36. The first-order valence-corrected chi connectivity index (χ1v) is 4.35. The van der Waals surface area contributed by atoms with Crippen molar-refractivity contribution in [3.05, 3.63) is 48.0 Å². The Morgan fingerprint density at radius 1 is 1.31 bits per heavy atom. The van der Waals surface area contributed by atoms with E-state index in [2.05, 4.69) is 31.4 Å². The maximum atomic E-state index is 5.24. The van der Waals surface area contributed by atoms with E-state index in [-0.39, 0.29) is 0 Å². The molecule has 0 aromatic heterocycles. The van der Waals surface area contributed by atoms with Crippen LogP contribution in [-0.4, -0.2) is 6.61 Å². The molecule has 1 heteroatoms. The van der Waals surface area contributed by atoms with E-state index in [0.29, 0.717) is 6.10 Å². The van der Waals surface area contributed by atoms with E-state index in [9.17, 15) is 0 Å². The molecule has 1 atom stereocenters. The van der Waals surface area contributed by atoms with Gasteiger partial charge in [0.25, 0.3) is 0 Å². The average molecular weight is 172 g/mol. The fraction of sp³-hybridized carbons (Fsp3) is 0.167. The molecule has 1 aliphatic heterocycles. The van der Waals surface area contributed by atoms with Crippen molar-refractivity contribution >= 4 is 12.2 Å². The van der Waals surface area contributed by atoms with Crippen LogP contribution >= 0.6 is 0 Å². The second-order valence-corrected chi connectivity index (χ2v) is 3.12. The van der Waals surface area contributed by atoms with E-state index in [0.717, 1.165) is 17.7 Å². The van der Waals surface area contributed by atoms with Gasteiger partial charge in [0.05, 0.1) is 6.61 Å². The Hall–Kier alpha value is -1.34. The lowest BCUT2D eigenvalue weighted by molar-refractivity contribution is 0.415. The topological polar surface area (TPSA) is 12.5 Å². The molecule has 0 spiro atoms. The van der Waals surface area contributed by atoms with Gasteiger partial charge in [0, 0.05) is 0 Å². The standard InChI is InChI=1S/C12H12O/c1-3-9-5-6-11(12-8-13-12)10(4-2)7-9/h3-7,12H,1-2,8H2. The van der Waals surface area contributed by atoms with Crippen LogP contribution in [0.5, 0.6) is 0 Å². The Kier molecular flexibility index (Phi) is 2.03. The van der Waals surface area contributed by atoms with Gasteiger partial charge in [-0.1, -0.05) is 37.4 Å². The quantitative estimate of drug-likeness (QED) is 0.638. The van der Waals surface area contributed by atoms with Crippen LogP contribution in [0.2, 0.25) is 0 Å². The van der Waals surface area contributed by atoms with E-state index < -0.39 is 0 Å². The van der Waals surface area contributed by atoms with E-state index in [1.807, 2.05) is 12.2 Å². The van der Waals surface area contributed by atoms with E-state index in [4.69, 9.17) is 4.74 Å². The Morgan fingerprint density at radius 2 is 2.08 bits per heavy atom. The van der Waals surface area contributed by atoms with Crippen LogP contribution in [0.25, 0.3) is 12.2 Å². The van der Waals surface area contributed by atoms with Gasteiger partial charge in [-0.05, 0) is 22.8 Å². The summed E-state index contributed by atoms with van der Waals surface area (Å²) in [5.41, 5.74) is 3.51. The molecule has 2 rings (SSSR count). The van der Waals surface area contributed by atoms with Crippen molar-refractivity contribution in [2.75, 3.05) is 6.61 Å². The van der Waals surface area contributed by atoms with E-state index in [1.54, 1.807) is 0 Å². The van der Waals surface area contributed by atoms with Gasteiger partial charge < -0.3 is 4.74 Å². The van der Waals surface area contributed by atoms with Gasteiger partial charge >= 0.3 is 0 Å². The third kappa shape index (κ3) is 1.56. The third-order valence-electron chi connectivity index (χ3n) is 2.25. The summed E-state index contributed by atoms with van der Waals surface area (Å²) in [6, 6.07) is 6.22. The third-order valence-corrected chi connectivity index (χ3v) is 2.25. The van der Waals surface area contributed by atoms with Crippen molar-refractivity contribution < 1.29 is 4.74 Å². The number of hydrogen-bond donors (Lipinski definition) is 0. The molecule has 0 amide bonds. The zero-order chi connectivity index (χ0) is 9.26. The fourth-order valence-corrected chi connectivity index (χ4v) is 1.42. The molecule has 1 saturated heterocycles. The van der Waals surface area contributed by atoms with Gasteiger partial charge in [0.2, 0.25) is 0 Å². The Labute approximate surface area is 78.3 Å². The monoisotopic (exact) mass is 172 g/mol. The summed E-state index contributed by atoms with van der Waals surface area (Å²) in [5.74, 6) is 0. The molecule has 13 heavy (non-hydrogen) atoms. The first-order valence-electron chi connectivity index (χ1n) is 4.35. The van der Waals surface area contributed by atoms with Gasteiger partial charge in [-0.25, -0.2) is 0 Å². The van der Waals surface area contributed by atoms with E-state index >= 15 is 0 Å². The average Bonchev–Trinajstić information content (AvgIpc) is 3.00. The zero-order valence-electron chi connectivity index (χ0n) is 7.49. The van der Waals surface area contributed by atoms with Gasteiger partial charge in [0.1, 0.15) is 6.10 Å². The molecule has 1 aliphatic rings. The SMILES string of the molecule is C=Cc1ccc(C2CO2)c(C=C)c1. The number of hydrogen-bond acceptors (Lipinski definition) is 1. The van der Waals surface area contributed by atoms with Crippen LogP contribution in [0, 0.1) is 0 Å². The van der Waals surface area contributed by atoms with Crippen molar-refractivity contribution in [1.29, 1.82) is 0 Å². The highest BCUT2D eigenvalue weighted by molar-refractivity contribution is 5.60. The summed E-state index contributed by atoms with van der Waals surface area (Å²) in [4.78, 5) is 0. The molecule has 0 N–H and O–H groups in total. The largest absolute Gasteiger partial charge is 0.368 e. The lowest BCUT2D eigenvalue weighted by atomic mass is 10.0. The minimum Gasteiger partial charge on any atom is -0.368 e. The number of rotatable bonds is 3. The lowest BCUT2D eigenvalue weighted by Gasteiger charge is -2.03. The number of epoxide rings is 1. The molecule has 1 aromatic carbocycles. The Morgan fingerprint density at radius 3 is 2.62 bits per heavy atom. The fourth-order valence-electron chi connectivity index (χ4n) is 1.42. The van der Waals surface area contributed by atoms with Crippen molar-refractivity contribution in [2.24, 2.45) is 0 Å². The summed E-state index contributed by atoms with van der Waals surface area (Å²) >= 11 is 0. The van der Waals surface area contributed by atoms with Crippen LogP contribution in [0.1, 0.15) is 22.8 Å². The minimum absolute atomic E-state index is 0.298. The molecule has 1 heterocycles. The van der Waals surface area contributed by atoms with Crippen molar-refractivity contribution in [3.8, 4) is 0 Å². The highest BCUT2D eigenvalue weighted by atomic mass is 16.6. The highest BCUT2D eigenvalue weighted by Crippen LogP contribution is 2.33. The maximum absolute atomic E-state index is 5.24. The Bertz CT molecular complexity index is 348. The minimum atomic E-state index is 0.298. The van der Waals surface area contributed by atoms with Crippen molar-refractivity contribution in [3.63, 3.8) is 0 Å². The summed E-state index contributed by atoms with van der Waals surface area (Å²) in [7, 11) is 0. The number of benzene rings is 1. The lowest BCUT2D eigenvalue weighted by Crippen LogP contribution is -1.87. The van der Waals surface area contributed by atoms with Crippen molar-refractivity contribution in [1.82, 2.24) is 0 Å². The van der Waals surface area contributed by atoms with Gasteiger partial charge in [-0.3, -0.25) is 0 Å². The first-order chi connectivity index (χ1) is 6.35. The maximum Gasteiger partial charge on any atom is 0.107 e. The van der Waals surface area contributed by atoms with Gasteiger partial charge in [0.15, 0.2) is 0 Å². The van der Waals surface area contributed by atoms with Crippen LogP contribution in [-0.2, 0) is 4.74 Å². The van der Waals surface area contributed by atoms with Crippen LogP contribution < -0.4 is 0 Å². The van der Waals surface area contributed by atoms with Gasteiger partial charge in [-0.2, -0.15) is 0 Å². The molecule has 1 fully saturated rings. The second kappa shape index (κ2) is 3.19. The molecule has 1 aromatic rings. The van der Waals surface area contributed by atoms with Crippen LogP contribution in [0.4, 0.5) is 0 Å². The number of ether oxygens (including phenoxy) is 1. The molecular weight excluding hydrogens is 160 g/mol. The normalized spacial score (nSPS) is 19.5. The molecule has 1 nitrogen and oxygen atoms in total. The second-order valence-electron chi connectivity index (χ2n) is 3.12. The predicted octanol–water partition coefficient (Wildman–Crippen LogP) is 3.04. The molecule has 1 unspecified atom stereocenters. The predicted molar refractivity (Wildman–Crippen MR) is 55.3 cm³/mol. The van der Waals surface area contributed by atoms with Gasteiger partial charge in [-0.15, -0.1) is 0 Å². The molecular formula is C12H12O. The molecule has 0 bridgehead atoms. The van der Waals surface area contributed by atoms with Crippen molar-refractivity contribution in [2.45, 2.75) is 6.10 Å². The smallest absolute Gasteiger partial charge is 0.107 e. The molecule has 0 aliphatic carbocycles. The van der Waals surface area contributed by atoms with E-state index in [1.165, 1.54) is 5.56 Å².